The Morgan fingerprint density at radius 3 is 3.00 bits per heavy atom. The molecule has 1 N–H and O–H groups in total. The van der Waals surface area contributed by atoms with Gasteiger partial charge in [-0.15, -0.1) is 0 Å². The van der Waals surface area contributed by atoms with Gasteiger partial charge in [0.2, 0.25) is 11.9 Å². The molecule has 146 valence electrons. The number of carbonyl (C=O) groups excluding carboxylic acids is 1. The van der Waals surface area contributed by atoms with Gasteiger partial charge in [-0.05, 0) is 31.7 Å². The third-order valence-electron chi connectivity index (χ3n) is 5.06. The van der Waals surface area contributed by atoms with E-state index in [2.05, 4.69) is 27.1 Å². The van der Waals surface area contributed by atoms with Crippen LogP contribution in [0.25, 0.3) is 5.95 Å². The summed E-state index contributed by atoms with van der Waals surface area (Å²) < 4.78 is 1.80. The quantitative estimate of drug-likeness (QED) is 0.687. The number of nitrogens with one attached hydrogen (secondary N) is 1. The Balaban J connectivity index is 1.60. The minimum absolute atomic E-state index is 0.146. The van der Waals surface area contributed by atoms with E-state index in [4.69, 9.17) is 4.98 Å². The van der Waals surface area contributed by atoms with Gasteiger partial charge in [0, 0.05) is 44.1 Å². The molecule has 1 fully saturated rings. The SMILES string of the molecule is CCCCCCNC(=O)CC1CCCCN1c1ccnc(-n2ccnc2)n1. The molecule has 0 bridgehead atoms. The van der Waals surface area contributed by atoms with Crippen LogP contribution in [0, 0.1) is 0 Å². The molecule has 0 aromatic carbocycles. The third-order valence-corrected chi connectivity index (χ3v) is 5.06. The highest BCUT2D eigenvalue weighted by Crippen LogP contribution is 2.25. The molecule has 2 aromatic rings. The summed E-state index contributed by atoms with van der Waals surface area (Å²) in [6.45, 7) is 3.90. The summed E-state index contributed by atoms with van der Waals surface area (Å²) in [7, 11) is 0. The summed E-state index contributed by atoms with van der Waals surface area (Å²) in [5.74, 6) is 1.64. The molecule has 1 saturated heterocycles. The first-order valence-electron chi connectivity index (χ1n) is 10.1. The fourth-order valence-corrected chi connectivity index (χ4v) is 3.58. The number of hydrogen-bond acceptors (Lipinski definition) is 5. The van der Waals surface area contributed by atoms with Crippen molar-refractivity contribution >= 4 is 11.7 Å². The molecule has 3 rings (SSSR count). The molecule has 1 amide bonds. The van der Waals surface area contributed by atoms with Gasteiger partial charge in [0.25, 0.3) is 0 Å². The molecule has 3 heterocycles. The second-order valence-corrected chi connectivity index (χ2v) is 7.14. The van der Waals surface area contributed by atoms with Gasteiger partial charge in [0.05, 0.1) is 0 Å². The summed E-state index contributed by atoms with van der Waals surface area (Å²) in [5.41, 5.74) is 0. The van der Waals surface area contributed by atoms with E-state index in [1.807, 2.05) is 12.3 Å². The van der Waals surface area contributed by atoms with Crippen molar-refractivity contribution in [2.75, 3.05) is 18.0 Å². The lowest BCUT2D eigenvalue weighted by Crippen LogP contribution is -2.43. The van der Waals surface area contributed by atoms with Gasteiger partial charge in [-0.2, -0.15) is 4.98 Å². The van der Waals surface area contributed by atoms with Crippen LogP contribution in [0.15, 0.2) is 31.0 Å². The Morgan fingerprint density at radius 1 is 1.26 bits per heavy atom. The fourth-order valence-electron chi connectivity index (χ4n) is 3.58. The number of carbonyl (C=O) groups is 1. The largest absolute Gasteiger partial charge is 0.356 e. The Bertz CT molecular complexity index is 702. The van der Waals surface area contributed by atoms with E-state index in [1.165, 1.54) is 19.3 Å². The first-order chi connectivity index (χ1) is 13.3. The Labute approximate surface area is 161 Å². The van der Waals surface area contributed by atoms with Crippen LogP contribution in [0.5, 0.6) is 0 Å². The number of aromatic nitrogens is 4. The predicted octanol–water partition coefficient (Wildman–Crippen LogP) is 3.11. The lowest BCUT2D eigenvalue weighted by atomic mass is 9.99. The average molecular weight is 371 g/mol. The number of imidazole rings is 1. The number of anilines is 1. The summed E-state index contributed by atoms with van der Waals surface area (Å²) in [6.07, 6.45) is 15.5. The number of hydrogen-bond donors (Lipinski definition) is 1. The van der Waals surface area contributed by atoms with Crippen LogP contribution in [-0.2, 0) is 4.79 Å². The van der Waals surface area contributed by atoms with Gasteiger partial charge in [0.1, 0.15) is 12.1 Å². The van der Waals surface area contributed by atoms with Crippen molar-refractivity contribution in [3.63, 3.8) is 0 Å². The van der Waals surface area contributed by atoms with Gasteiger partial charge >= 0.3 is 0 Å². The van der Waals surface area contributed by atoms with Crippen LogP contribution in [0.3, 0.4) is 0 Å². The van der Waals surface area contributed by atoms with Crippen molar-refractivity contribution in [2.24, 2.45) is 0 Å². The second kappa shape index (κ2) is 10.0. The number of unbranched alkanes of at least 4 members (excludes halogenated alkanes) is 3. The molecule has 0 radical (unpaired) electrons. The Kier molecular flexibility index (Phi) is 7.19. The summed E-state index contributed by atoms with van der Waals surface area (Å²) in [4.78, 5) is 27.7. The van der Waals surface area contributed by atoms with Gasteiger partial charge in [-0.1, -0.05) is 26.2 Å². The third kappa shape index (κ3) is 5.52. The highest BCUT2D eigenvalue weighted by atomic mass is 16.1. The zero-order valence-electron chi connectivity index (χ0n) is 16.2. The molecule has 1 aliphatic rings. The minimum Gasteiger partial charge on any atom is -0.356 e. The molecule has 0 saturated carbocycles. The molecule has 1 aliphatic heterocycles. The van der Waals surface area contributed by atoms with E-state index >= 15 is 0 Å². The molecule has 2 aromatic heterocycles. The zero-order valence-corrected chi connectivity index (χ0v) is 16.2. The molecule has 1 unspecified atom stereocenters. The van der Waals surface area contributed by atoms with Crippen LogP contribution in [0.4, 0.5) is 5.82 Å². The molecular weight excluding hydrogens is 340 g/mol. The van der Waals surface area contributed by atoms with Crippen LogP contribution >= 0.6 is 0 Å². The maximum atomic E-state index is 12.4. The lowest BCUT2D eigenvalue weighted by Gasteiger charge is -2.36. The zero-order chi connectivity index (χ0) is 18.9. The fraction of sp³-hybridized carbons (Fsp3) is 0.600. The Hall–Kier alpha value is -2.44. The summed E-state index contributed by atoms with van der Waals surface area (Å²) >= 11 is 0. The topological polar surface area (TPSA) is 75.9 Å². The maximum absolute atomic E-state index is 12.4. The van der Waals surface area contributed by atoms with Crippen molar-refractivity contribution in [2.45, 2.75) is 64.3 Å². The number of piperidine rings is 1. The van der Waals surface area contributed by atoms with Crippen LogP contribution in [-0.4, -0.2) is 44.6 Å². The number of rotatable bonds is 9. The lowest BCUT2D eigenvalue weighted by molar-refractivity contribution is -0.121. The summed E-state index contributed by atoms with van der Waals surface area (Å²) in [5, 5.41) is 3.08. The van der Waals surface area contributed by atoms with Gasteiger partial charge in [0.15, 0.2) is 0 Å². The number of amides is 1. The van der Waals surface area contributed by atoms with Crippen LogP contribution < -0.4 is 10.2 Å². The van der Waals surface area contributed by atoms with Crippen LogP contribution in [0.1, 0.15) is 58.3 Å². The van der Waals surface area contributed by atoms with E-state index in [0.717, 1.165) is 44.6 Å². The molecule has 27 heavy (non-hydrogen) atoms. The molecular formula is C20H30N6O. The average Bonchev–Trinajstić information content (AvgIpc) is 3.23. The molecule has 0 aliphatic carbocycles. The van der Waals surface area contributed by atoms with E-state index in [0.29, 0.717) is 12.4 Å². The van der Waals surface area contributed by atoms with Gasteiger partial charge in [-0.3, -0.25) is 9.36 Å². The van der Waals surface area contributed by atoms with E-state index < -0.39 is 0 Å². The molecule has 7 heteroatoms. The van der Waals surface area contributed by atoms with Crippen molar-refractivity contribution < 1.29 is 4.79 Å². The first kappa shape index (κ1) is 19.3. The number of nitrogens with zero attached hydrogens (tertiary/aromatic N) is 5. The standard InChI is InChI=1S/C20H30N6O/c1-2-3-4-6-10-22-19(27)15-17-8-5-7-13-26(17)18-9-11-23-20(24-18)25-14-12-21-16-25/h9,11-12,14,16-17H,2-8,10,13,15H2,1H3,(H,22,27). The monoisotopic (exact) mass is 370 g/mol. The second-order valence-electron chi connectivity index (χ2n) is 7.14. The predicted molar refractivity (Wildman–Crippen MR) is 106 cm³/mol. The van der Waals surface area contributed by atoms with E-state index in [1.54, 1.807) is 23.3 Å². The summed E-state index contributed by atoms with van der Waals surface area (Å²) in [6, 6.07) is 2.13. The maximum Gasteiger partial charge on any atom is 0.236 e. The van der Waals surface area contributed by atoms with Crippen molar-refractivity contribution in [1.82, 2.24) is 24.8 Å². The highest BCUT2D eigenvalue weighted by Gasteiger charge is 2.26. The van der Waals surface area contributed by atoms with Crippen molar-refractivity contribution in [3.05, 3.63) is 31.0 Å². The minimum atomic E-state index is 0.146. The van der Waals surface area contributed by atoms with Crippen LogP contribution in [0.2, 0.25) is 0 Å². The highest BCUT2D eigenvalue weighted by molar-refractivity contribution is 5.77. The van der Waals surface area contributed by atoms with Crippen molar-refractivity contribution in [1.29, 1.82) is 0 Å². The van der Waals surface area contributed by atoms with E-state index in [9.17, 15) is 4.79 Å². The Morgan fingerprint density at radius 2 is 2.19 bits per heavy atom. The molecule has 0 spiro atoms. The first-order valence-corrected chi connectivity index (χ1v) is 10.1. The van der Waals surface area contributed by atoms with Gasteiger partial charge < -0.3 is 10.2 Å². The molecule has 1 atom stereocenters. The van der Waals surface area contributed by atoms with Crippen molar-refractivity contribution in [3.8, 4) is 5.95 Å². The normalized spacial score (nSPS) is 17.1. The van der Waals surface area contributed by atoms with Gasteiger partial charge in [-0.25, -0.2) is 9.97 Å². The smallest absolute Gasteiger partial charge is 0.236 e. The van der Waals surface area contributed by atoms with E-state index in [-0.39, 0.29) is 11.9 Å². The molecule has 7 nitrogen and oxygen atoms in total.